The van der Waals surface area contributed by atoms with Gasteiger partial charge in [0.2, 0.25) is 0 Å². The number of carbonyl (C=O) groups excluding carboxylic acids is 1. The maximum absolute atomic E-state index is 11.2. The van der Waals surface area contributed by atoms with Gasteiger partial charge in [-0.25, -0.2) is 4.79 Å². The third-order valence-corrected chi connectivity index (χ3v) is 2.28. The molecule has 0 aromatic carbocycles. The predicted molar refractivity (Wildman–Crippen MR) is 51.0 cm³/mol. The molecule has 0 aliphatic heterocycles. The van der Waals surface area contributed by atoms with Gasteiger partial charge < -0.3 is 15.7 Å². The molecule has 2 amide bonds. The molecule has 3 atom stereocenters. The molecule has 5 nitrogen and oxygen atoms in total. The quantitative estimate of drug-likeness (QED) is 0.620. The van der Waals surface area contributed by atoms with E-state index in [1.807, 2.05) is 0 Å². The zero-order chi connectivity index (χ0) is 10.7. The fourth-order valence-electron chi connectivity index (χ4n) is 1.27. The minimum Gasteiger partial charge on any atom is -0.481 e. The average Bonchev–Trinajstić information content (AvgIpc) is 2.62. The van der Waals surface area contributed by atoms with Gasteiger partial charge in [-0.1, -0.05) is 6.92 Å². The molecule has 5 heteroatoms. The third-order valence-electron chi connectivity index (χ3n) is 2.28. The first-order valence-corrected chi connectivity index (χ1v) is 4.78. The molecule has 0 aromatic rings. The Morgan fingerprint density at radius 3 is 2.57 bits per heavy atom. The molecule has 14 heavy (non-hydrogen) atoms. The smallest absolute Gasteiger partial charge is 0.315 e. The Kier molecular flexibility index (Phi) is 3.33. The van der Waals surface area contributed by atoms with Crippen molar-refractivity contribution in [2.24, 2.45) is 5.92 Å². The first kappa shape index (κ1) is 10.8. The van der Waals surface area contributed by atoms with Crippen LogP contribution < -0.4 is 10.6 Å². The van der Waals surface area contributed by atoms with Crippen LogP contribution in [0.5, 0.6) is 0 Å². The molecule has 1 aliphatic rings. The Morgan fingerprint density at radius 2 is 2.14 bits per heavy atom. The largest absolute Gasteiger partial charge is 0.481 e. The number of aliphatic carboxylic acids is 1. The predicted octanol–water partition coefficient (Wildman–Crippen LogP) is 0.557. The highest BCUT2D eigenvalue weighted by Crippen LogP contribution is 2.28. The molecule has 3 unspecified atom stereocenters. The van der Waals surface area contributed by atoms with E-state index in [2.05, 4.69) is 17.6 Å². The van der Waals surface area contributed by atoms with E-state index in [9.17, 15) is 9.59 Å². The third kappa shape index (κ3) is 3.64. The standard InChI is InChI=1S/C9H16N2O3/c1-5-3-7(5)11-9(14)10-6(2)4-8(12)13/h5-7H,3-4H2,1-2H3,(H,12,13)(H2,10,11,14). The second-order valence-corrected chi connectivity index (χ2v) is 3.94. The fraction of sp³-hybridized carbons (Fsp3) is 0.778. The van der Waals surface area contributed by atoms with Crippen LogP contribution in [0.15, 0.2) is 0 Å². The maximum Gasteiger partial charge on any atom is 0.315 e. The van der Waals surface area contributed by atoms with Gasteiger partial charge in [0.25, 0.3) is 0 Å². The van der Waals surface area contributed by atoms with Gasteiger partial charge in [-0.05, 0) is 19.3 Å². The first-order valence-electron chi connectivity index (χ1n) is 4.78. The van der Waals surface area contributed by atoms with Gasteiger partial charge >= 0.3 is 12.0 Å². The van der Waals surface area contributed by atoms with Crippen molar-refractivity contribution in [3.8, 4) is 0 Å². The second-order valence-electron chi connectivity index (χ2n) is 3.94. The van der Waals surface area contributed by atoms with Crippen molar-refractivity contribution in [2.75, 3.05) is 0 Å². The van der Waals surface area contributed by atoms with Gasteiger partial charge in [0.15, 0.2) is 0 Å². The van der Waals surface area contributed by atoms with Gasteiger partial charge in [0, 0.05) is 12.1 Å². The van der Waals surface area contributed by atoms with Crippen molar-refractivity contribution in [3.05, 3.63) is 0 Å². The summed E-state index contributed by atoms with van der Waals surface area (Å²) in [5, 5.41) is 13.8. The minimum absolute atomic E-state index is 0.0480. The summed E-state index contributed by atoms with van der Waals surface area (Å²) in [6, 6.07) is -0.332. The summed E-state index contributed by atoms with van der Waals surface area (Å²) >= 11 is 0. The SMILES string of the molecule is CC(CC(=O)O)NC(=O)NC1CC1C. The van der Waals surface area contributed by atoms with Gasteiger partial charge in [-0.2, -0.15) is 0 Å². The highest BCUT2D eigenvalue weighted by molar-refractivity contribution is 5.76. The minimum atomic E-state index is -0.905. The lowest BCUT2D eigenvalue weighted by Crippen LogP contribution is -2.42. The number of hydrogen-bond donors (Lipinski definition) is 3. The molecule has 0 saturated heterocycles. The molecule has 0 radical (unpaired) electrons. The number of rotatable bonds is 4. The van der Waals surface area contributed by atoms with Crippen LogP contribution in [-0.4, -0.2) is 29.2 Å². The molecule has 80 valence electrons. The molecule has 1 saturated carbocycles. The number of nitrogens with one attached hydrogen (secondary N) is 2. The molecular formula is C9H16N2O3. The summed E-state index contributed by atoms with van der Waals surface area (Å²) in [5.41, 5.74) is 0. The normalized spacial score (nSPS) is 26.4. The highest BCUT2D eigenvalue weighted by Gasteiger charge is 2.33. The maximum atomic E-state index is 11.2. The van der Waals surface area contributed by atoms with Gasteiger partial charge in [0.1, 0.15) is 0 Å². The average molecular weight is 200 g/mol. The van der Waals surface area contributed by atoms with Crippen LogP contribution in [-0.2, 0) is 4.79 Å². The number of amides is 2. The Balaban J connectivity index is 2.16. The lowest BCUT2D eigenvalue weighted by molar-refractivity contribution is -0.137. The Bertz CT molecular complexity index is 242. The van der Waals surface area contributed by atoms with E-state index in [4.69, 9.17) is 5.11 Å². The van der Waals surface area contributed by atoms with E-state index in [0.29, 0.717) is 5.92 Å². The van der Waals surface area contributed by atoms with Gasteiger partial charge in [-0.15, -0.1) is 0 Å². The molecule has 1 aliphatic carbocycles. The van der Waals surface area contributed by atoms with Crippen molar-refractivity contribution in [3.63, 3.8) is 0 Å². The van der Waals surface area contributed by atoms with Crippen LogP contribution in [0.3, 0.4) is 0 Å². The van der Waals surface area contributed by atoms with E-state index in [0.717, 1.165) is 6.42 Å². The van der Waals surface area contributed by atoms with Gasteiger partial charge in [-0.3, -0.25) is 4.79 Å². The summed E-state index contributed by atoms with van der Waals surface area (Å²) in [7, 11) is 0. The molecule has 1 rings (SSSR count). The van der Waals surface area contributed by atoms with E-state index in [1.54, 1.807) is 6.92 Å². The molecule has 0 heterocycles. The van der Waals surface area contributed by atoms with E-state index in [1.165, 1.54) is 0 Å². The van der Waals surface area contributed by atoms with Crippen LogP contribution in [0.1, 0.15) is 26.7 Å². The monoisotopic (exact) mass is 200 g/mol. The fourth-order valence-corrected chi connectivity index (χ4v) is 1.27. The van der Waals surface area contributed by atoms with Crippen LogP contribution in [0, 0.1) is 5.92 Å². The lowest BCUT2D eigenvalue weighted by atomic mass is 10.2. The van der Waals surface area contributed by atoms with Crippen LogP contribution in [0.25, 0.3) is 0 Å². The van der Waals surface area contributed by atoms with Crippen molar-refractivity contribution in [2.45, 2.75) is 38.8 Å². The van der Waals surface area contributed by atoms with Crippen molar-refractivity contribution in [1.82, 2.24) is 10.6 Å². The number of carbonyl (C=O) groups is 2. The molecule has 3 N–H and O–H groups in total. The topological polar surface area (TPSA) is 78.4 Å². The number of urea groups is 1. The van der Waals surface area contributed by atoms with Crippen LogP contribution >= 0.6 is 0 Å². The summed E-state index contributed by atoms with van der Waals surface area (Å²) in [6.45, 7) is 3.73. The van der Waals surface area contributed by atoms with E-state index in [-0.39, 0.29) is 24.5 Å². The highest BCUT2D eigenvalue weighted by atomic mass is 16.4. The van der Waals surface area contributed by atoms with Crippen LogP contribution in [0.4, 0.5) is 4.79 Å². The zero-order valence-corrected chi connectivity index (χ0v) is 8.41. The molecule has 0 spiro atoms. The lowest BCUT2D eigenvalue weighted by Gasteiger charge is -2.12. The first-order chi connectivity index (χ1) is 6.49. The van der Waals surface area contributed by atoms with Crippen molar-refractivity contribution in [1.29, 1.82) is 0 Å². The molecular weight excluding hydrogens is 184 g/mol. The van der Waals surface area contributed by atoms with Gasteiger partial charge in [0.05, 0.1) is 6.42 Å². The Hall–Kier alpha value is -1.26. The van der Waals surface area contributed by atoms with Crippen molar-refractivity contribution >= 4 is 12.0 Å². The molecule has 0 aromatic heterocycles. The summed E-state index contributed by atoms with van der Waals surface area (Å²) in [5.74, 6) is -0.354. The van der Waals surface area contributed by atoms with E-state index >= 15 is 0 Å². The summed E-state index contributed by atoms with van der Waals surface area (Å²) in [4.78, 5) is 21.5. The Morgan fingerprint density at radius 1 is 1.57 bits per heavy atom. The van der Waals surface area contributed by atoms with Crippen LogP contribution in [0.2, 0.25) is 0 Å². The molecule has 1 fully saturated rings. The second kappa shape index (κ2) is 4.30. The number of hydrogen-bond acceptors (Lipinski definition) is 2. The zero-order valence-electron chi connectivity index (χ0n) is 8.41. The molecule has 0 bridgehead atoms. The summed E-state index contributed by atoms with van der Waals surface area (Å²) < 4.78 is 0. The number of carboxylic acid groups (broad SMARTS) is 1. The van der Waals surface area contributed by atoms with Crippen molar-refractivity contribution < 1.29 is 14.7 Å². The number of carboxylic acids is 1. The Labute approximate surface area is 82.9 Å². The summed E-state index contributed by atoms with van der Waals surface area (Å²) in [6.07, 6.45) is 0.967. The van der Waals surface area contributed by atoms with E-state index < -0.39 is 5.97 Å².